The van der Waals surface area contributed by atoms with Crippen LogP contribution in [0.25, 0.3) is 21.9 Å². The summed E-state index contributed by atoms with van der Waals surface area (Å²) in [6.45, 7) is 4.08. The summed E-state index contributed by atoms with van der Waals surface area (Å²) >= 11 is 8.59. The van der Waals surface area contributed by atoms with E-state index in [0.717, 1.165) is 36.6 Å². The van der Waals surface area contributed by atoms with Gasteiger partial charge in [-0.3, -0.25) is 9.13 Å². The van der Waals surface area contributed by atoms with Gasteiger partial charge in [0.05, 0.1) is 27.6 Å². The summed E-state index contributed by atoms with van der Waals surface area (Å²) < 4.78 is 5.55. The van der Waals surface area contributed by atoms with Crippen LogP contribution >= 0.6 is 43.2 Å². The van der Waals surface area contributed by atoms with Crippen LogP contribution in [0.2, 0.25) is 0 Å². The van der Waals surface area contributed by atoms with E-state index in [9.17, 15) is 4.79 Å². The minimum absolute atomic E-state index is 0.0711. The number of hydrogen-bond acceptors (Lipinski definition) is 2. The Kier molecular flexibility index (Phi) is 4.97. The number of rotatable bonds is 3. The van der Waals surface area contributed by atoms with Crippen molar-refractivity contribution in [3.8, 4) is 21.9 Å². The molecule has 27 heavy (non-hydrogen) atoms. The van der Waals surface area contributed by atoms with Crippen molar-refractivity contribution in [2.45, 2.75) is 13.8 Å². The van der Waals surface area contributed by atoms with E-state index in [-0.39, 0.29) is 5.69 Å². The molecule has 0 fully saturated rings. The third kappa shape index (κ3) is 3.37. The van der Waals surface area contributed by atoms with Gasteiger partial charge < -0.3 is 0 Å². The molecule has 0 atom stereocenters. The standard InChI is InChI=1S/C21H16Br2N2OS/c1-13-11-19(27-12-13)20-14(2)24(17-7-3-15(22)4-8-17)21(26)25(20)18-9-5-16(23)6-10-18/h3-12H,1-2H3. The van der Waals surface area contributed by atoms with E-state index in [1.54, 1.807) is 20.5 Å². The summed E-state index contributed by atoms with van der Waals surface area (Å²) in [5.41, 5.74) is 4.68. The Morgan fingerprint density at radius 1 is 0.815 bits per heavy atom. The fourth-order valence-electron chi connectivity index (χ4n) is 3.17. The van der Waals surface area contributed by atoms with Gasteiger partial charge in [-0.15, -0.1) is 11.3 Å². The van der Waals surface area contributed by atoms with E-state index >= 15 is 0 Å². The highest BCUT2D eigenvalue weighted by molar-refractivity contribution is 9.10. The molecular formula is C21H16Br2N2OS. The molecule has 0 saturated heterocycles. The van der Waals surface area contributed by atoms with Crippen molar-refractivity contribution in [3.05, 3.63) is 90.7 Å². The van der Waals surface area contributed by atoms with Crippen molar-refractivity contribution in [1.82, 2.24) is 9.13 Å². The highest BCUT2D eigenvalue weighted by Gasteiger charge is 2.21. The molecule has 0 unspecified atom stereocenters. The van der Waals surface area contributed by atoms with Crippen LogP contribution in [-0.2, 0) is 0 Å². The van der Waals surface area contributed by atoms with Gasteiger partial charge in [-0.1, -0.05) is 31.9 Å². The molecule has 0 spiro atoms. The Morgan fingerprint density at radius 3 is 1.81 bits per heavy atom. The summed E-state index contributed by atoms with van der Waals surface area (Å²) in [4.78, 5) is 14.6. The zero-order valence-electron chi connectivity index (χ0n) is 14.7. The summed E-state index contributed by atoms with van der Waals surface area (Å²) in [6.07, 6.45) is 0. The Bertz CT molecular complexity index is 1170. The first kappa shape index (κ1) is 18.5. The lowest BCUT2D eigenvalue weighted by Gasteiger charge is -2.07. The Morgan fingerprint density at radius 2 is 1.33 bits per heavy atom. The Hall–Kier alpha value is -1.89. The second kappa shape index (κ2) is 7.26. The highest BCUT2D eigenvalue weighted by Crippen LogP contribution is 2.32. The third-order valence-corrected chi connectivity index (χ3v) is 6.53. The first-order chi connectivity index (χ1) is 13.0. The summed E-state index contributed by atoms with van der Waals surface area (Å²) in [5, 5.41) is 2.11. The van der Waals surface area contributed by atoms with Gasteiger partial charge in [0.1, 0.15) is 0 Å². The molecule has 0 amide bonds. The third-order valence-electron chi connectivity index (χ3n) is 4.42. The monoisotopic (exact) mass is 502 g/mol. The van der Waals surface area contributed by atoms with Gasteiger partial charge in [-0.25, -0.2) is 4.79 Å². The topological polar surface area (TPSA) is 26.9 Å². The van der Waals surface area contributed by atoms with E-state index in [2.05, 4.69) is 50.2 Å². The number of nitrogens with zero attached hydrogens (tertiary/aromatic N) is 2. The molecule has 0 radical (unpaired) electrons. The van der Waals surface area contributed by atoms with E-state index in [1.807, 2.05) is 55.5 Å². The van der Waals surface area contributed by atoms with Crippen LogP contribution < -0.4 is 5.69 Å². The minimum Gasteiger partial charge on any atom is -0.264 e. The molecule has 4 rings (SSSR count). The summed E-state index contributed by atoms with van der Waals surface area (Å²) in [7, 11) is 0. The van der Waals surface area contributed by atoms with Crippen LogP contribution in [0.1, 0.15) is 11.3 Å². The number of halogens is 2. The maximum absolute atomic E-state index is 13.5. The van der Waals surface area contributed by atoms with Gasteiger partial charge in [-0.2, -0.15) is 0 Å². The van der Waals surface area contributed by atoms with Gasteiger partial charge in [0.2, 0.25) is 0 Å². The smallest absolute Gasteiger partial charge is 0.264 e. The van der Waals surface area contributed by atoms with Crippen molar-refractivity contribution < 1.29 is 0 Å². The number of benzene rings is 2. The molecule has 2 aromatic heterocycles. The van der Waals surface area contributed by atoms with Crippen LogP contribution in [0.15, 0.2) is 73.7 Å². The predicted octanol–water partition coefficient (Wildman–Crippen LogP) is 6.50. The molecule has 0 aliphatic rings. The van der Waals surface area contributed by atoms with Crippen LogP contribution in [0.3, 0.4) is 0 Å². The van der Waals surface area contributed by atoms with Gasteiger partial charge in [-0.05, 0) is 79.4 Å². The van der Waals surface area contributed by atoms with E-state index in [4.69, 9.17) is 0 Å². The average molecular weight is 504 g/mol. The summed E-state index contributed by atoms with van der Waals surface area (Å²) in [5.74, 6) is 0. The fraction of sp³-hybridized carbons (Fsp3) is 0.0952. The Labute approximate surface area is 178 Å². The van der Waals surface area contributed by atoms with Crippen LogP contribution in [0.4, 0.5) is 0 Å². The second-order valence-electron chi connectivity index (χ2n) is 6.33. The van der Waals surface area contributed by atoms with E-state index in [0.29, 0.717) is 0 Å². The fourth-order valence-corrected chi connectivity index (χ4v) is 4.69. The number of aryl methyl sites for hydroxylation is 1. The van der Waals surface area contributed by atoms with Crippen molar-refractivity contribution in [1.29, 1.82) is 0 Å². The molecule has 0 N–H and O–H groups in total. The zero-order chi connectivity index (χ0) is 19.1. The van der Waals surface area contributed by atoms with Crippen LogP contribution in [-0.4, -0.2) is 9.13 Å². The molecule has 0 saturated carbocycles. The maximum atomic E-state index is 13.5. The first-order valence-electron chi connectivity index (χ1n) is 8.37. The lowest BCUT2D eigenvalue weighted by Crippen LogP contribution is -2.22. The molecule has 2 aromatic carbocycles. The highest BCUT2D eigenvalue weighted by atomic mass is 79.9. The molecule has 4 aromatic rings. The molecule has 136 valence electrons. The molecule has 0 bridgehead atoms. The molecular weight excluding hydrogens is 488 g/mol. The molecule has 6 heteroatoms. The number of thiophene rings is 1. The zero-order valence-corrected chi connectivity index (χ0v) is 18.7. The average Bonchev–Trinajstić information content (AvgIpc) is 3.18. The van der Waals surface area contributed by atoms with Crippen molar-refractivity contribution in [2.24, 2.45) is 0 Å². The van der Waals surface area contributed by atoms with E-state index < -0.39 is 0 Å². The molecule has 3 nitrogen and oxygen atoms in total. The van der Waals surface area contributed by atoms with Crippen molar-refractivity contribution >= 4 is 43.2 Å². The molecule has 0 aliphatic heterocycles. The minimum atomic E-state index is -0.0711. The largest absolute Gasteiger partial charge is 0.338 e. The predicted molar refractivity (Wildman–Crippen MR) is 120 cm³/mol. The lowest BCUT2D eigenvalue weighted by atomic mass is 10.2. The van der Waals surface area contributed by atoms with E-state index in [1.165, 1.54) is 5.56 Å². The van der Waals surface area contributed by atoms with Crippen molar-refractivity contribution in [2.75, 3.05) is 0 Å². The van der Waals surface area contributed by atoms with Crippen LogP contribution in [0, 0.1) is 13.8 Å². The maximum Gasteiger partial charge on any atom is 0.338 e. The lowest BCUT2D eigenvalue weighted by molar-refractivity contribution is 0.896. The first-order valence-corrected chi connectivity index (χ1v) is 10.8. The van der Waals surface area contributed by atoms with Gasteiger partial charge in [0.15, 0.2) is 0 Å². The molecule has 2 heterocycles. The SMILES string of the molecule is Cc1csc(-c2c(C)n(-c3ccc(Br)cc3)c(=O)n2-c2ccc(Br)cc2)c1. The second-order valence-corrected chi connectivity index (χ2v) is 9.07. The number of aromatic nitrogens is 2. The quantitative estimate of drug-likeness (QED) is 0.313. The normalized spacial score (nSPS) is 11.1. The van der Waals surface area contributed by atoms with Gasteiger partial charge >= 0.3 is 5.69 Å². The Balaban J connectivity index is 2.04. The van der Waals surface area contributed by atoms with Gasteiger partial charge in [0, 0.05) is 8.95 Å². The molecule has 0 aliphatic carbocycles. The number of hydrogen-bond donors (Lipinski definition) is 0. The van der Waals surface area contributed by atoms with Gasteiger partial charge in [0.25, 0.3) is 0 Å². The number of imidazole rings is 1. The van der Waals surface area contributed by atoms with Crippen LogP contribution in [0.5, 0.6) is 0 Å². The van der Waals surface area contributed by atoms with Crippen molar-refractivity contribution in [3.63, 3.8) is 0 Å². The summed E-state index contributed by atoms with van der Waals surface area (Å²) in [6, 6.07) is 17.8.